The van der Waals surface area contributed by atoms with Gasteiger partial charge in [-0.05, 0) is 42.0 Å². The van der Waals surface area contributed by atoms with E-state index in [2.05, 4.69) is 4.90 Å². The minimum absolute atomic E-state index is 0.0451. The van der Waals surface area contributed by atoms with Crippen molar-refractivity contribution in [2.45, 2.75) is 6.54 Å². The molecule has 0 aliphatic carbocycles. The number of amides is 1. The fourth-order valence-corrected chi connectivity index (χ4v) is 3.13. The number of methoxy groups -OCH3 is 1. The minimum Gasteiger partial charge on any atom is -0.465 e. The van der Waals surface area contributed by atoms with Crippen LogP contribution in [0.15, 0.2) is 48.5 Å². The summed E-state index contributed by atoms with van der Waals surface area (Å²) in [6.45, 7) is 3.82. The zero-order chi connectivity index (χ0) is 18.5. The summed E-state index contributed by atoms with van der Waals surface area (Å²) in [4.78, 5) is 28.2. The maximum Gasteiger partial charge on any atom is 0.337 e. The van der Waals surface area contributed by atoms with Crippen LogP contribution in [0.5, 0.6) is 0 Å². The first-order valence-electron chi connectivity index (χ1n) is 8.51. The predicted octanol–water partition coefficient (Wildman–Crippen LogP) is 3.08. The standard InChI is InChI=1S/C20H21ClN2O3/c1-26-20(25)17-4-2-15(3-5-17)14-22-10-12-23(13-11-22)19(24)16-6-8-18(21)9-7-16/h2-9H,10-14H2,1H3. The van der Waals surface area contributed by atoms with Crippen LogP contribution in [-0.4, -0.2) is 55.0 Å². The van der Waals surface area contributed by atoms with Crippen LogP contribution in [-0.2, 0) is 11.3 Å². The van der Waals surface area contributed by atoms with Crippen molar-refractivity contribution in [1.29, 1.82) is 0 Å². The molecule has 1 heterocycles. The van der Waals surface area contributed by atoms with Crippen molar-refractivity contribution in [3.05, 3.63) is 70.2 Å². The van der Waals surface area contributed by atoms with Gasteiger partial charge in [0, 0.05) is 43.3 Å². The maximum atomic E-state index is 12.5. The average molecular weight is 373 g/mol. The number of piperazine rings is 1. The Kier molecular flexibility index (Phi) is 5.91. The van der Waals surface area contributed by atoms with E-state index in [1.165, 1.54) is 7.11 Å². The van der Waals surface area contributed by atoms with Crippen molar-refractivity contribution in [2.24, 2.45) is 0 Å². The number of hydrogen-bond acceptors (Lipinski definition) is 4. The molecule has 3 rings (SSSR count). The van der Waals surface area contributed by atoms with E-state index in [0.29, 0.717) is 29.2 Å². The molecule has 2 aromatic carbocycles. The van der Waals surface area contributed by atoms with Crippen LogP contribution in [0.1, 0.15) is 26.3 Å². The van der Waals surface area contributed by atoms with Crippen molar-refractivity contribution >= 4 is 23.5 Å². The van der Waals surface area contributed by atoms with Gasteiger partial charge in [0.25, 0.3) is 5.91 Å². The second-order valence-corrected chi connectivity index (χ2v) is 6.70. The van der Waals surface area contributed by atoms with Crippen molar-refractivity contribution in [2.75, 3.05) is 33.3 Å². The Balaban J connectivity index is 1.53. The van der Waals surface area contributed by atoms with E-state index in [-0.39, 0.29) is 11.9 Å². The molecule has 1 aliphatic rings. The zero-order valence-electron chi connectivity index (χ0n) is 14.7. The summed E-state index contributed by atoms with van der Waals surface area (Å²) in [5, 5.41) is 0.629. The first-order chi connectivity index (χ1) is 12.6. The lowest BCUT2D eigenvalue weighted by atomic mass is 10.1. The lowest BCUT2D eigenvalue weighted by Crippen LogP contribution is -2.48. The number of rotatable bonds is 4. The molecule has 1 aliphatic heterocycles. The average Bonchev–Trinajstić information content (AvgIpc) is 2.68. The largest absolute Gasteiger partial charge is 0.465 e. The maximum absolute atomic E-state index is 12.5. The van der Waals surface area contributed by atoms with Crippen molar-refractivity contribution in [1.82, 2.24) is 9.80 Å². The molecular weight excluding hydrogens is 352 g/mol. The zero-order valence-corrected chi connectivity index (χ0v) is 15.4. The molecule has 0 radical (unpaired) electrons. The topological polar surface area (TPSA) is 49.9 Å². The first kappa shape index (κ1) is 18.4. The SMILES string of the molecule is COC(=O)c1ccc(CN2CCN(C(=O)c3ccc(Cl)cc3)CC2)cc1. The molecular formula is C20H21ClN2O3. The van der Waals surface area contributed by atoms with Gasteiger partial charge in [-0.15, -0.1) is 0 Å². The third-order valence-corrected chi connectivity index (χ3v) is 4.78. The highest BCUT2D eigenvalue weighted by Gasteiger charge is 2.22. The number of carbonyl (C=O) groups excluding carboxylic acids is 2. The lowest BCUT2D eigenvalue weighted by Gasteiger charge is -2.34. The summed E-state index contributed by atoms with van der Waals surface area (Å²) >= 11 is 5.88. The normalized spacial score (nSPS) is 14.9. The van der Waals surface area contributed by atoms with Gasteiger partial charge in [0.15, 0.2) is 0 Å². The molecule has 0 unspecified atom stereocenters. The summed E-state index contributed by atoms with van der Waals surface area (Å²) in [7, 11) is 1.38. The molecule has 0 bridgehead atoms. The van der Waals surface area contributed by atoms with Crippen LogP contribution in [0.2, 0.25) is 5.02 Å². The molecule has 26 heavy (non-hydrogen) atoms. The molecule has 1 fully saturated rings. The van der Waals surface area contributed by atoms with Gasteiger partial charge in [-0.3, -0.25) is 9.69 Å². The van der Waals surface area contributed by atoms with E-state index >= 15 is 0 Å². The molecule has 0 spiro atoms. The van der Waals surface area contributed by atoms with Gasteiger partial charge in [0.1, 0.15) is 0 Å². The van der Waals surface area contributed by atoms with Crippen LogP contribution in [0.25, 0.3) is 0 Å². The third-order valence-electron chi connectivity index (χ3n) is 4.53. The van der Waals surface area contributed by atoms with Crippen LogP contribution in [0.4, 0.5) is 0 Å². The van der Waals surface area contributed by atoms with E-state index in [1.807, 2.05) is 17.0 Å². The number of carbonyl (C=O) groups is 2. The summed E-state index contributed by atoms with van der Waals surface area (Å²) in [5.74, 6) is -0.283. The first-order valence-corrected chi connectivity index (χ1v) is 8.89. The van der Waals surface area contributed by atoms with E-state index in [0.717, 1.165) is 25.2 Å². The molecule has 5 nitrogen and oxygen atoms in total. The monoisotopic (exact) mass is 372 g/mol. The second kappa shape index (κ2) is 8.34. The van der Waals surface area contributed by atoms with Gasteiger partial charge in [-0.2, -0.15) is 0 Å². The van der Waals surface area contributed by atoms with Gasteiger partial charge in [-0.25, -0.2) is 4.79 Å². The third kappa shape index (κ3) is 4.42. The number of halogens is 1. The van der Waals surface area contributed by atoms with E-state index < -0.39 is 0 Å². The molecule has 0 N–H and O–H groups in total. The molecule has 6 heteroatoms. The summed E-state index contributed by atoms with van der Waals surface area (Å²) in [6.07, 6.45) is 0. The van der Waals surface area contributed by atoms with Gasteiger partial charge in [-0.1, -0.05) is 23.7 Å². The Morgan fingerprint density at radius 1 is 0.923 bits per heavy atom. The molecule has 0 atom stereocenters. The molecule has 136 valence electrons. The highest BCUT2D eigenvalue weighted by Crippen LogP contribution is 2.15. The number of esters is 1. The number of hydrogen-bond donors (Lipinski definition) is 0. The van der Waals surface area contributed by atoms with Crippen molar-refractivity contribution in [3.8, 4) is 0 Å². The molecule has 1 saturated heterocycles. The van der Waals surface area contributed by atoms with Crippen molar-refractivity contribution < 1.29 is 14.3 Å². The van der Waals surface area contributed by atoms with Gasteiger partial charge in [0.05, 0.1) is 12.7 Å². The predicted molar refractivity (Wildman–Crippen MR) is 100 cm³/mol. The highest BCUT2D eigenvalue weighted by atomic mass is 35.5. The lowest BCUT2D eigenvalue weighted by molar-refractivity contribution is 0.0599. The number of nitrogens with zero attached hydrogens (tertiary/aromatic N) is 2. The van der Waals surface area contributed by atoms with Gasteiger partial charge < -0.3 is 9.64 Å². The Morgan fingerprint density at radius 2 is 1.50 bits per heavy atom. The molecule has 1 amide bonds. The van der Waals surface area contributed by atoms with Crippen LogP contribution in [0, 0.1) is 0 Å². The van der Waals surface area contributed by atoms with Crippen LogP contribution in [0.3, 0.4) is 0 Å². The number of ether oxygens (including phenoxy) is 1. The summed E-state index contributed by atoms with van der Waals surface area (Å²) in [6, 6.07) is 14.4. The van der Waals surface area contributed by atoms with Crippen molar-refractivity contribution in [3.63, 3.8) is 0 Å². The Morgan fingerprint density at radius 3 is 2.08 bits per heavy atom. The Labute approximate surface area is 158 Å². The van der Waals surface area contributed by atoms with E-state index in [9.17, 15) is 9.59 Å². The second-order valence-electron chi connectivity index (χ2n) is 6.26. The van der Waals surface area contributed by atoms with Crippen LogP contribution >= 0.6 is 11.6 Å². The van der Waals surface area contributed by atoms with E-state index in [1.54, 1.807) is 36.4 Å². The molecule has 2 aromatic rings. The summed E-state index contributed by atoms with van der Waals surface area (Å²) < 4.78 is 4.71. The Hall–Kier alpha value is -2.37. The smallest absolute Gasteiger partial charge is 0.337 e. The van der Waals surface area contributed by atoms with Crippen LogP contribution < -0.4 is 0 Å². The fourth-order valence-electron chi connectivity index (χ4n) is 3.01. The highest BCUT2D eigenvalue weighted by molar-refractivity contribution is 6.30. The quantitative estimate of drug-likeness (QED) is 0.774. The number of benzene rings is 2. The molecule has 0 saturated carbocycles. The van der Waals surface area contributed by atoms with Gasteiger partial charge >= 0.3 is 5.97 Å². The Bertz CT molecular complexity index is 767. The summed E-state index contributed by atoms with van der Waals surface area (Å²) in [5.41, 5.74) is 2.35. The minimum atomic E-state index is -0.328. The molecule has 0 aromatic heterocycles. The fraction of sp³-hybridized carbons (Fsp3) is 0.300. The van der Waals surface area contributed by atoms with Gasteiger partial charge in [0.2, 0.25) is 0 Å². The van der Waals surface area contributed by atoms with E-state index in [4.69, 9.17) is 16.3 Å².